The number of anilines is 1. The molecule has 0 aliphatic carbocycles. The van der Waals surface area contributed by atoms with Gasteiger partial charge < -0.3 is 14.4 Å². The maximum absolute atomic E-state index is 6.15. The molecular formula is C15H23N3O2. The van der Waals surface area contributed by atoms with Crippen molar-refractivity contribution in [2.45, 2.75) is 31.3 Å². The Hall–Kier alpha value is -1.20. The molecule has 0 bridgehead atoms. The number of ether oxygens (including phenoxy) is 2. The lowest BCUT2D eigenvalue weighted by Crippen LogP contribution is -2.48. The molecule has 1 aromatic rings. The van der Waals surface area contributed by atoms with Crippen molar-refractivity contribution < 1.29 is 9.47 Å². The molecule has 1 aromatic heterocycles. The van der Waals surface area contributed by atoms with Gasteiger partial charge in [0.2, 0.25) is 5.95 Å². The van der Waals surface area contributed by atoms with E-state index in [0.717, 1.165) is 51.5 Å². The number of hydrogen-bond acceptors (Lipinski definition) is 5. The molecule has 3 rings (SSSR count). The van der Waals surface area contributed by atoms with Gasteiger partial charge >= 0.3 is 0 Å². The summed E-state index contributed by atoms with van der Waals surface area (Å²) in [6.45, 7) is 3.69. The van der Waals surface area contributed by atoms with Gasteiger partial charge in [0.05, 0.1) is 5.60 Å². The second-order valence-corrected chi connectivity index (χ2v) is 5.72. The van der Waals surface area contributed by atoms with Crippen LogP contribution in [0.3, 0.4) is 0 Å². The topological polar surface area (TPSA) is 47.5 Å². The van der Waals surface area contributed by atoms with Crippen LogP contribution in [0.2, 0.25) is 0 Å². The second-order valence-electron chi connectivity index (χ2n) is 5.72. The molecule has 20 heavy (non-hydrogen) atoms. The van der Waals surface area contributed by atoms with Crippen LogP contribution in [0.25, 0.3) is 0 Å². The van der Waals surface area contributed by atoms with Crippen molar-refractivity contribution in [3.8, 4) is 0 Å². The fourth-order valence-corrected chi connectivity index (χ4v) is 3.55. The molecule has 2 aliphatic heterocycles. The summed E-state index contributed by atoms with van der Waals surface area (Å²) in [5, 5.41) is 0. The molecule has 1 spiro atoms. The van der Waals surface area contributed by atoms with Crippen LogP contribution in [0.15, 0.2) is 18.5 Å². The van der Waals surface area contributed by atoms with Gasteiger partial charge in [-0.05, 0) is 37.7 Å². The molecule has 1 atom stereocenters. The fourth-order valence-electron chi connectivity index (χ4n) is 3.55. The van der Waals surface area contributed by atoms with Gasteiger partial charge in [-0.2, -0.15) is 0 Å². The lowest BCUT2D eigenvalue weighted by molar-refractivity contribution is -0.0458. The van der Waals surface area contributed by atoms with Gasteiger partial charge in [-0.25, -0.2) is 9.97 Å². The molecule has 0 radical (unpaired) electrons. The van der Waals surface area contributed by atoms with E-state index in [1.165, 1.54) is 6.42 Å². The zero-order valence-corrected chi connectivity index (χ0v) is 12.1. The highest BCUT2D eigenvalue weighted by Gasteiger charge is 2.45. The first-order valence-electron chi connectivity index (χ1n) is 7.49. The van der Waals surface area contributed by atoms with Crippen molar-refractivity contribution in [3.05, 3.63) is 18.5 Å². The van der Waals surface area contributed by atoms with Gasteiger partial charge in [0.1, 0.15) is 0 Å². The highest BCUT2D eigenvalue weighted by atomic mass is 16.5. The number of methoxy groups -OCH3 is 1. The van der Waals surface area contributed by atoms with Crippen molar-refractivity contribution in [2.75, 3.05) is 38.3 Å². The summed E-state index contributed by atoms with van der Waals surface area (Å²) in [6.07, 6.45) is 8.03. The van der Waals surface area contributed by atoms with E-state index in [-0.39, 0.29) is 5.60 Å². The maximum Gasteiger partial charge on any atom is 0.225 e. The van der Waals surface area contributed by atoms with Crippen molar-refractivity contribution in [3.63, 3.8) is 0 Å². The van der Waals surface area contributed by atoms with Crippen molar-refractivity contribution in [1.82, 2.24) is 9.97 Å². The predicted octanol–water partition coefficient (Wildman–Crippen LogP) is 1.89. The largest absolute Gasteiger partial charge is 0.385 e. The summed E-state index contributed by atoms with van der Waals surface area (Å²) in [4.78, 5) is 10.9. The molecule has 0 aromatic carbocycles. The number of hydrogen-bond donors (Lipinski definition) is 0. The molecule has 0 amide bonds. The van der Waals surface area contributed by atoms with E-state index in [1.54, 1.807) is 19.5 Å². The zero-order valence-electron chi connectivity index (χ0n) is 12.1. The molecule has 5 nitrogen and oxygen atoms in total. The highest BCUT2D eigenvalue weighted by Crippen LogP contribution is 2.42. The first-order chi connectivity index (χ1) is 9.84. The maximum atomic E-state index is 6.15. The minimum atomic E-state index is 0.0732. The van der Waals surface area contributed by atoms with E-state index in [0.29, 0.717) is 5.92 Å². The first kappa shape index (κ1) is 13.8. The molecule has 0 N–H and O–H groups in total. The Morgan fingerprint density at radius 1 is 1.35 bits per heavy atom. The zero-order chi connectivity index (χ0) is 13.8. The fraction of sp³-hybridized carbons (Fsp3) is 0.733. The van der Waals surface area contributed by atoms with Crippen LogP contribution in [0, 0.1) is 5.92 Å². The third kappa shape index (κ3) is 2.65. The Morgan fingerprint density at radius 2 is 2.10 bits per heavy atom. The van der Waals surface area contributed by atoms with Gasteiger partial charge in [0.25, 0.3) is 0 Å². The average Bonchev–Trinajstić information content (AvgIpc) is 2.89. The predicted molar refractivity (Wildman–Crippen MR) is 76.8 cm³/mol. The number of aromatic nitrogens is 2. The van der Waals surface area contributed by atoms with E-state index in [1.807, 2.05) is 6.07 Å². The van der Waals surface area contributed by atoms with E-state index >= 15 is 0 Å². The van der Waals surface area contributed by atoms with Gasteiger partial charge in [-0.3, -0.25) is 0 Å². The summed E-state index contributed by atoms with van der Waals surface area (Å²) in [6, 6.07) is 1.86. The Kier molecular flexibility index (Phi) is 4.17. The van der Waals surface area contributed by atoms with E-state index in [4.69, 9.17) is 9.47 Å². The molecule has 3 heterocycles. The summed E-state index contributed by atoms with van der Waals surface area (Å²) in [7, 11) is 1.78. The number of nitrogens with zero attached hydrogens (tertiary/aromatic N) is 3. The van der Waals surface area contributed by atoms with Crippen LogP contribution in [0.4, 0.5) is 5.95 Å². The average molecular weight is 277 g/mol. The standard InChI is InChI=1S/C15H23N3O2/c1-19-11-3-13-4-12-20-15(13)5-9-18(10-6-15)14-16-7-2-8-17-14/h2,7-8,13H,3-6,9-12H2,1H3/t13-/m1/s1. The Morgan fingerprint density at radius 3 is 2.80 bits per heavy atom. The molecule has 0 unspecified atom stereocenters. The van der Waals surface area contributed by atoms with E-state index in [2.05, 4.69) is 14.9 Å². The third-order valence-corrected chi connectivity index (χ3v) is 4.72. The van der Waals surface area contributed by atoms with Gasteiger partial charge in [-0.15, -0.1) is 0 Å². The van der Waals surface area contributed by atoms with E-state index < -0.39 is 0 Å². The van der Waals surface area contributed by atoms with Gasteiger partial charge in [0.15, 0.2) is 0 Å². The molecule has 2 saturated heterocycles. The lowest BCUT2D eigenvalue weighted by atomic mass is 9.78. The second kappa shape index (κ2) is 6.06. The van der Waals surface area contributed by atoms with Crippen LogP contribution in [-0.2, 0) is 9.47 Å². The molecule has 2 aliphatic rings. The minimum Gasteiger partial charge on any atom is -0.385 e. The lowest BCUT2D eigenvalue weighted by Gasteiger charge is -2.42. The third-order valence-electron chi connectivity index (χ3n) is 4.72. The van der Waals surface area contributed by atoms with Crippen molar-refractivity contribution in [1.29, 1.82) is 0 Å². The number of piperidine rings is 1. The van der Waals surface area contributed by atoms with Crippen LogP contribution in [0.1, 0.15) is 25.7 Å². The highest BCUT2D eigenvalue weighted by molar-refractivity contribution is 5.30. The Bertz CT molecular complexity index is 418. The Balaban J connectivity index is 1.62. The molecule has 2 fully saturated rings. The van der Waals surface area contributed by atoms with Crippen molar-refractivity contribution >= 4 is 5.95 Å². The molecule has 110 valence electrons. The van der Waals surface area contributed by atoms with Gasteiger partial charge in [-0.1, -0.05) is 0 Å². The van der Waals surface area contributed by atoms with Crippen molar-refractivity contribution in [2.24, 2.45) is 5.92 Å². The summed E-state index contributed by atoms with van der Waals surface area (Å²) in [5.41, 5.74) is 0.0732. The minimum absolute atomic E-state index is 0.0732. The quantitative estimate of drug-likeness (QED) is 0.841. The van der Waals surface area contributed by atoms with Gasteiger partial charge in [0, 0.05) is 45.8 Å². The molecule has 0 saturated carbocycles. The summed E-state index contributed by atoms with van der Waals surface area (Å²) >= 11 is 0. The van der Waals surface area contributed by atoms with E-state index in [9.17, 15) is 0 Å². The van der Waals surface area contributed by atoms with Crippen LogP contribution < -0.4 is 4.90 Å². The van der Waals surface area contributed by atoms with Crippen LogP contribution in [0.5, 0.6) is 0 Å². The summed E-state index contributed by atoms with van der Waals surface area (Å²) in [5.74, 6) is 1.48. The first-order valence-corrected chi connectivity index (χ1v) is 7.49. The van der Waals surface area contributed by atoms with Crippen LogP contribution in [-0.4, -0.2) is 49.0 Å². The normalized spacial score (nSPS) is 25.2. The number of rotatable bonds is 4. The monoisotopic (exact) mass is 277 g/mol. The van der Waals surface area contributed by atoms with Crippen LogP contribution >= 0.6 is 0 Å². The Labute approximate surface area is 120 Å². The SMILES string of the molecule is COCC[C@@H]1CCOC12CCN(c1ncccn1)CC2. The molecular weight excluding hydrogens is 254 g/mol. The summed E-state index contributed by atoms with van der Waals surface area (Å²) < 4.78 is 11.4. The molecule has 5 heteroatoms. The smallest absolute Gasteiger partial charge is 0.225 e.